The third kappa shape index (κ3) is 4.91. The van der Waals surface area contributed by atoms with Crippen molar-refractivity contribution >= 4 is 35.0 Å². The van der Waals surface area contributed by atoms with Crippen LogP contribution in [0.3, 0.4) is 0 Å². The summed E-state index contributed by atoms with van der Waals surface area (Å²) in [7, 11) is 0. The molecule has 5 aromatic rings. The number of nitrogens with zero attached hydrogens (tertiary/aromatic N) is 4. The van der Waals surface area contributed by atoms with Gasteiger partial charge in [-0.3, -0.25) is 9.59 Å². The van der Waals surface area contributed by atoms with Crippen LogP contribution >= 0.6 is 0 Å². The van der Waals surface area contributed by atoms with Crippen molar-refractivity contribution < 1.29 is 18.4 Å². The third-order valence-corrected chi connectivity index (χ3v) is 4.93. The minimum absolute atomic E-state index is 0.152. The standard InChI is InChI=1S/C25H18N6O4/c32-24(26-18-10-12-19(13-11-18)27-25(33)22-9-5-15-35-22)21(16-20-8-4-14-34-20)31-23(28-29-30-31)17-6-2-1-3-7-17/h1-16H,(H,26,32)(H,27,33)/b21-16-. The van der Waals surface area contributed by atoms with Crippen molar-refractivity contribution in [1.82, 2.24) is 20.2 Å². The second-order valence-electron chi connectivity index (χ2n) is 7.29. The zero-order chi connectivity index (χ0) is 24.0. The van der Waals surface area contributed by atoms with Gasteiger partial charge in [0.1, 0.15) is 11.5 Å². The zero-order valence-electron chi connectivity index (χ0n) is 18.2. The smallest absolute Gasteiger partial charge is 0.291 e. The van der Waals surface area contributed by atoms with Gasteiger partial charge in [0.05, 0.1) is 12.5 Å². The largest absolute Gasteiger partial charge is 0.465 e. The predicted octanol–water partition coefficient (Wildman–Crippen LogP) is 4.42. The lowest BCUT2D eigenvalue weighted by molar-refractivity contribution is -0.111. The van der Waals surface area contributed by atoms with E-state index in [0.717, 1.165) is 5.56 Å². The summed E-state index contributed by atoms with van der Waals surface area (Å²) in [5, 5.41) is 17.4. The minimum atomic E-state index is -0.460. The quantitative estimate of drug-likeness (QED) is 0.340. The number of benzene rings is 2. The van der Waals surface area contributed by atoms with Gasteiger partial charge in [-0.05, 0) is 59.0 Å². The molecule has 0 atom stereocenters. The van der Waals surface area contributed by atoms with Crippen molar-refractivity contribution in [3.63, 3.8) is 0 Å². The molecule has 35 heavy (non-hydrogen) atoms. The molecule has 10 heteroatoms. The number of amides is 2. The summed E-state index contributed by atoms with van der Waals surface area (Å²) in [4.78, 5) is 25.5. The highest BCUT2D eigenvalue weighted by atomic mass is 16.3. The lowest BCUT2D eigenvalue weighted by Gasteiger charge is -2.11. The molecular weight excluding hydrogens is 448 g/mol. The van der Waals surface area contributed by atoms with Gasteiger partial charge < -0.3 is 19.5 Å². The first-order valence-electron chi connectivity index (χ1n) is 10.5. The molecule has 10 nitrogen and oxygen atoms in total. The van der Waals surface area contributed by atoms with E-state index in [0.29, 0.717) is 23.0 Å². The van der Waals surface area contributed by atoms with E-state index in [1.807, 2.05) is 30.3 Å². The molecular formula is C25H18N6O4. The highest BCUT2D eigenvalue weighted by Crippen LogP contribution is 2.22. The van der Waals surface area contributed by atoms with Crippen LogP contribution in [-0.2, 0) is 4.79 Å². The summed E-state index contributed by atoms with van der Waals surface area (Å²) in [6.45, 7) is 0. The number of hydrogen-bond donors (Lipinski definition) is 2. The number of carbonyl (C=O) groups excluding carboxylic acids is 2. The summed E-state index contributed by atoms with van der Waals surface area (Å²) >= 11 is 0. The maximum atomic E-state index is 13.3. The van der Waals surface area contributed by atoms with Crippen molar-refractivity contribution in [2.24, 2.45) is 0 Å². The summed E-state index contributed by atoms with van der Waals surface area (Å²) < 4.78 is 11.8. The number of nitrogens with one attached hydrogen (secondary N) is 2. The number of rotatable bonds is 7. The normalized spacial score (nSPS) is 11.3. The Kier molecular flexibility index (Phi) is 5.99. The molecule has 0 bridgehead atoms. The van der Waals surface area contributed by atoms with Gasteiger partial charge in [-0.1, -0.05) is 30.3 Å². The molecule has 0 fully saturated rings. The first-order valence-corrected chi connectivity index (χ1v) is 10.5. The van der Waals surface area contributed by atoms with E-state index in [4.69, 9.17) is 8.83 Å². The fraction of sp³-hybridized carbons (Fsp3) is 0. The Bertz CT molecular complexity index is 1450. The minimum Gasteiger partial charge on any atom is -0.465 e. The number of hydrogen-bond acceptors (Lipinski definition) is 7. The molecule has 3 heterocycles. The van der Waals surface area contributed by atoms with E-state index < -0.39 is 5.91 Å². The Balaban J connectivity index is 1.39. The lowest BCUT2D eigenvalue weighted by Crippen LogP contribution is -2.19. The van der Waals surface area contributed by atoms with E-state index in [1.54, 1.807) is 54.6 Å². The van der Waals surface area contributed by atoms with Crippen LogP contribution in [0.5, 0.6) is 0 Å². The monoisotopic (exact) mass is 466 g/mol. The van der Waals surface area contributed by atoms with Crippen molar-refractivity contribution in [2.75, 3.05) is 10.6 Å². The molecule has 0 aliphatic heterocycles. The Labute approximate surface area is 198 Å². The molecule has 172 valence electrons. The first kappa shape index (κ1) is 21.6. The number of tetrazole rings is 1. The van der Waals surface area contributed by atoms with Crippen molar-refractivity contribution in [2.45, 2.75) is 0 Å². The van der Waals surface area contributed by atoms with Gasteiger partial charge >= 0.3 is 0 Å². The van der Waals surface area contributed by atoms with Gasteiger partial charge in [-0.2, -0.15) is 4.68 Å². The van der Waals surface area contributed by atoms with E-state index in [-0.39, 0.29) is 17.4 Å². The summed E-state index contributed by atoms with van der Waals surface area (Å²) in [6, 6.07) is 22.6. The molecule has 0 saturated carbocycles. The number of aromatic nitrogens is 4. The molecule has 0 aliphatic rings. The number of anilines is 2. The number of carbonyl (C=O) groups is 2. The molecule has 0 spiro atoms. The average Bonchev–Trinajstić information content (AvgIpc) is 3.67. The van der Waals surface area contributed by atoms with Crippen molar-refractivity contribution in [1.29, 1.82) is 0 Å². The molecule has 0 radical (unpaired) electrons. The molecule has 2 aromatic carbocycles. The van der Waals surface area contributed by atoms with Crippen LogP contribution in [0.1, 0.15) is 16.3 Å². The maximum absolute atomic E-state index is 13.3. The van der Waals surface area contributed by atoms with Gasteiger partial charge in [0.25, 0.3) is 11.8 Å². The van der Waals surface area contributed by atoms with Gasteiger partial charge in [0.15, 0.2) is 11.6 Å². The fourth-order valence-corrected chi connectivity index (χ4v) is 3.28. The Hall–Kier alpha value is -5.25. The second kappa shape index (κ2) is 9.71. The van der Waals surface area contributed by atoms with E-state index in [1.165, 1.54) is 17.2 Å². The summed E-state index contributed by atoms with van der Waals surface area (Å²) in [5.74, 6) is 0.224. The van der Waals surface area contributed by atoms with Crippen LogP contribution in [0, 0.1) is 0 Å². The van der Waals surface area contributed by atoms with Crippen LogP contribution in [0.25, 0.3) is 23.2 Å². The molecule has 0 unspecified atom stereocenters. The van der Waals surface area contributed by atoms with E-state index >= 15 is 0 Å². The van der Waals surface area contributed by atoms with Crippen LogP contribution < -0.4 is 10.6 Å². The van der Waals surface area contributed by atoms with Crippen molar-refractivity contribution in [3.8, 4) is 11.4 Å². The molecule has 5 rings (SSSR count). The molecule has 0 saturated heterocycles. The van der Waals surface area contributed by atoms with Crippen LogP contribution in [0.15, 0.2) is 100 Å². The van der Waals surface area contributed by atoms with Crippen molar-refractivity contribution in [3.05, 3.63) is 103 Å². The predicted molar refractivity (Wildman–Crippen MR) is 128 cm³/mol. The van der Waals surface area contributed by atoms with E-state index in [2.05, 4.69) is 26.2 Å². The molecule has 2 amide bonds. The third-order valence-electron chi connectivity index (χ3n) is 4.93. The SMILES string of the molecule is O=C(Nc1ccc(NC(=O)c2ccco2)cc1)/C(=C/c1ccco1)n1nnnc1-c1ccccc1. The summed E-state index contributed by atoms with van der Waals surface area (Å²) in [5.41, 5.74) is 1.94. The highest BCUT2D eigenvalue weighted by Gasteiger charge is 2.20. The molecule has 2 N–H and O–H groups in total. The van der Waals surface area contributed by atoms with Gasteiger partial charge in [-0.25, -0.2) is 0 Å². The highest BCUT2D eigenvalue weighted by molar-refractivity contribution is 6.24. The average molecular weight is 466 g/mol. The molecule has 3 aromatic heterocycles. The Morgan fingerprint density at radius 3 is 2.20 bits per heavy atom. The van der Waals surface area contributed by atoms with Gasteiger partial charge in [0, 0.05) is 23.0 Å². The maximum Gasteiger partial charge on any atom is 0.291 e. The fourth-order valence-electron chi connectivity index (χ4n) is 3.28. The van der Waals surface area contributed by atoms with Crippen LogP contribution in [-0.4, -0.2) is 32.0 Å². The molecule has 0 aliphatic carbocycles. The lowest BCUT2D eigenvalue weighted by atomic mass is 10.2. The second-order valence-corrected chi connectivity index (χ2v) is 7.29. The summed E-state index contributed by atoms with van der Waals surface area (Å²) in [6.07, 6.45) is 4.49. The van der Waals surface area contributed by atoms with Crippen LogP contribution in [0.2, 0.25) is 0 Å². The topological polar surface area (TPSA) is 128 Å². The number of furan rings is 2. The van der Waals surface area contributed by atoms with Gasteiger partial charge in [0.2, 0.25) is 0 Å². The van der Waals surface area contributed by atoms with E-state index in [9.17, 15) is 9.59 Å². The zero-order valence-corrected chi connectivity index (χ0v) is 18.2. The van der Waals surface area contributed by atoms with Gasteiger partial charge in [-0.15, -0.1) is 5.10 Å². The van der Waals surface area contributed by atoms with Crippen LogP contribution in [0.4, 0.5) is 11.4 Å². The first-order chi connectivity index (χ1) is 17.2. The Morgan fingerprint density at radius 2 is 1.51 bits per heavy atom. The Morgan fingerprint density at radius 1 is 0.800 bits per heavy atom.